The molecule has 0 amide bonds. The van der Waals surface area contributed by atoms with Crippen LogP contribution in [0.15, 0.2) is 51.8 Å². The van der Waals surface area contributed by atoms with Crippen molar-refractivity contribution in [3.8, 4) is 17.1 Å². The zero-order chi connectivity index (χ0) is 19.0. The molecule has 0 atom stereocenters. The zero-order valence-corrected chi connectivity index (χ0v) is 15.4. The van der Waals surface area contributed by atoms with Crippen LogP contribution >= 0.6 is 0 Å². The smallest absolute Gasteiger partial charge is 0.326 e. The molecule has 4 aromatic rings. The second-order valence-corrected chi connectivity index (χ2v) is 6.66. The molecule has 2 heterocycles. The minimum Gasteiger partial charge on any atom is -0.497 e. The topological polar surface area (TPSA) is 85.9 Å². The van der Waals surface area contributed by atoms with Crippen molar-refractivity contribution in [3.63, 3.8) is 0 Å². The fourth-order valence-electron chi connectivity index (χ4n) is 3.14. The fourth-order valence-corrected chi connectivity index (χ4v) is 3.14. The number of nitrogens with one attached hydrogen (secondary N) is 1. The van der Waals surface area contributed by atoms with E-state index >= 15 is 0 Å². The highest BCUT2D eigenvalue weighted by Crippen LogP contribution is 2.23. The molecule has 0 unspecified atom stereocenters. The number of hydrogen-bond acceptors (Lipinski definition) is 5. The van der Waals surface area contributed by atoms with Crippen molar-refractivity contribution < 1.29 is 9.26 Å². The Labute approximate surface area is 155 Å². The Kier molecular flexibility index (Phi) is 4.27. The number of benzene rings is 2. The van der Waals surface area contributed by atoms with Gasteiger partial charge in [-0.2, -0.15) is 4.98 Å². The minimum atomic E-state index is -0.120. The van der Waals surface area contributed by atoms with Crippen LogP contribution in [0.2, 0.25) is 0 Å². The van der Waals surface area contributed by atoms with Crippen LogP contribution < -0.4 is 10.4 Å². The molecule has 7 nitrogen and oxygen atoms in total. The monoisotopic (exact) mass is 364 g/mol. The first-order chi connectivity index (χ1) is 13.0. The van der Waals surface area contributed by atoms with Gasteiger partial charge in [0.1, 0.15) is 5.75 Å². The van der Waals surface area contributed by atoms with Crippen molar-refractivity contribution in [1.29, 1.82) is 0 Å². The minimum absolute atomic E-state index is 0.0818. The number of rotatable bonds is 5. The molecule has 0 spiro atoms. The summed E-state index contributed by atoms with van der Waals surface area (Å²) in [5.41, 5.74) is 3.35. The Balaban J connectivity index is 1.61. The highest BCUT2D eigenvalue weighted by Gasteiger charge is 2.14. The van der Waals surface area contributed by atoms with Gasteiger partial charge in [0.15, 0.2) is 0 Å². The zero-order valence-electron chi connectivity index (χ0n) is 15.4. The maximum Gasteiger partial charge on any atom is 0.326 e. The number of methoxy groups -OCH3 is 1. The first-order valence-corrected chi connectivity index (χ1v) is 8.75. The lowest BCUT2D eigenvalue weighted by Crippen LogP contribution is -2.18. The molecule has 27 heavy (non-hydrogen) atoms. The van der Waals surface area contributed by atoms with Crippen molar-refractivity contribution in [2.24, 2.45) is 0 Å². The van der Waals surface area contributed by atoms with E-state index in [1.807, 2.05) is 56.3 Å². The first kappa shape index (κ1) is 17.1. The summed E-state index contributed by atoms with van der Waals surface area (Å²) in [7, 11) is 1.64. The summed E-state index contributed by atoms with van der Waals surface area (Å²) in [6.07, 6.45) is 0.541. The molecule has 0 bridgehead atoms. The third-order valence-corrected chi connectivity index (χ3v) is 4.47. The molecule has 7 heteroatoms. The molecule has 138 valence electrons. The van der Waals surface area contributed by atoms with E-state index in [1.165, 1.54) is 0 Å². The number of aromatic nitrogens is 4. The van der Waals surface area contributed by atoms with E-state index in [0.29, 0.717) is 18.1 Å². The summed E-state index contributed by atoms with van der Waals surface area (Å²) in [5.74, 6) is 1.84. The number of ether oxygens (including phenoxy) is 1. The van der Waals surface area contributed by atoms with Crippen molar-refractivity contribution >= 4 is 11.0 Å². The van der Waals surface area contributed by atoms with Gasteiger partial charge in [-0.1, -0.05) is 17.3 Å². The summed E-state index contributed by atoms with van der Waals surface area (Å²) in [6, 6.07) is 13.5. The van der Waals surface area contributed by atoms with Crippen LogP contribution in [0.3, 0.4) is 0 Å². The number of hydrogen-bond donors (Lipinski definition) is 1. The highest BCUT2D eigenvalue weighted by molar-refractivity contribution is 5.80. The van der Waals surface area contributed by atoms with Gasteiger partial charge in [0, 0.05) is 11.6 Å². The van der Waals surface area contributed by atoms with Gasteiger partial charge in [-0.05, 0) is 49.7 Å². The van der Waals surface area contributed by atoms with Crippen molar-refractivity contribution in [3.05, 3.63) is 64.4 Å². The van der Waals surface area contributed by atoms with Crippen LogP contribution in [-0.2, 0) is 6.42 Å². The normalized spacial score (nSPS) is 11.4. The van der Waals surface area contributed by atoms with E-state index < -0.39 is 0 Å². The maximum absolute atomic E-state index is 12.1. The van der Waals surface area contributed by atoms with Crippen LogP contribution in [-0.4, -0.2) is 26.8 Å². The van der Waals surface area contributed by atoms with E-state index in [9.17, 15) is 4.79 Å². The molecule has 1 N–H and O–H groups in total. The quantitative estimate of drug-likeness (QED) is 0.585. The van der Waals surface area contributed by atoms with E-state index in [2.05, 4.69) is 15.1 Å². The number of H-pyrrole nitrogens is 1. The van der Waals surface area contributed by atoms with Gasteiger partial charge in [-0.15, -0.1) is 0 Å². The van der Waals surface area contributed by atoms with Crippen LogP contribution in [0.1, 0.15) is 31.3 Å². The van der Waals surface area contributed by atoms with Crippen LogP contribution in [0, 0.1) is 0 Å². The molecular weight excluding hydrogens is 344 g/mol. The average Bonchev–Trinajstić information content (AvgIpc) is 3.25. The van der Waals surface area contributed by atoms with Gasteiger partial charge in [-0.3, -0.25) is 4.57 Å². The van der Waals surface area contributed by atoms with E-state index in [4.69, 9.17) is 9.26 Å². The van der Waals surface area contributed by atoms with E-state index in [0.717, 1.165) is 27.9 Å². The lowest BCUT2D eigenvalue weighted by molar-refractivity contribution is 0.385. The summed E-state index contributed by atoms with van der Waals surface area (Å²) in [5, 5.41) is 4.08. The molecular formula is C20H20N4O3. The Morgan fingerprint density at radius 3 is 2.67 bits per heavy atom. The molecule has 4 rings (SSSR count). The van der Waals surface area contributed by atoms with Crippen molar-refractivity contribution in [2.45, 2.75) is 26.3 Å². The first-order valence-electron chi connectivity index (χ1n) is 8.75. The number of nitrogens with zero attached hydrogens (tertiary/aromatic N) is 3. The van der Waals surface area contributed by atoms with E-state index in [1.54, 1.807) is 11.7 Å². The second-order valence-electron chi connectivity index (χ2n) is 6.66. The van der Waals surface area contributed by atoms with Gasteiger partial charge < -0.3 is 14.2 Å². The van der Waals surface area contributed by atoms with Crippen LogP contribution in [0.4, 0.5) is 0 Å². The summed E-state index contributed by atoms with van der Waals surface area (Å²) < 4.78 is 12.3. The molecule has 2 aromatic heterocycles. The summed E-state index contributed by atoms with van der Waals surface area (Å²) in [6.45, 7) is 3.96. The Morgan fingerprint density at radius 2 is 1.96 bits per heavy atom. The lowest BCUT2D eigenvalue weighted by Gasteiger charge is -2.06. The Bertz CT molecular complexity index is 1140. The van der Waals surface area contributed by atoms with E-state index in [-0.39, 0.29) is 11.7 Å². The van der Waals surface area contributed by atoms with Crippen molar-refractivity contribution in [2.75, 3.05) is 7.11 Å². The summed E-state index contributed by atoms with van der Waals surface area (Å²) in [4.78, 5) is 19.5. The number of fused-ring (bicyclic) bond motifs is 1. The van der Waals surface area contributed by atoms with Gasteiger partial charge >= 0.3 is 5.69 Å². The predicted molar refractivity (Wildman–Crippen MR) is 102 cm³/mol. The Morgan fingerprint density at radius 1 is 1.19 bits per heavy atom. The summed E-state index contributed by atoms with van der Waals surface area (Å²) >= 11 is 0. The largest absolute Gasteiger partial charge is 0.497 e. The molecule has 0 aliphatic heterocycles. The fraction of sp³-hybridized carbons (Fsp3) is 0.250. The van der Waals surface area contributed by atoms with Crippen LogP contribution in [0.5, 0.6) is 5.75 Å². The van der Waals surface area contributed by atoms with Crippen molar-refractivity contribution in [1.82, 2.24) is 19.7 Å². The lowest BCUT2D eigenvalue weighted by atomic mass is 10.1. The standard InChI is InChI=1S/C20H20N4O3/c1-12(2)24-17-9-6-14(11-16(17)21-20(24)25)19-22-18(27-23-19)10-13-4-7-15(26-3)8-5-13/h4-9,11-12H,10H2,1-3H3,(H,21,25). The van der Waals surface area contributed by atoms with Gasteiger partial charge in [0.25, 0.3) is 0 Å². The molecule has 2 aromatic carbocycles. The van der Waals surface area contributed by atoms with Gasteiger partial charge in [0.05, 0.1) is 24.6 Å². The molecule has 0 fully saturated rings. The average molecular weight is 364 g/mol. The predicted octanol–water partition coefficient (Wildman–Crippen LogP) is 3.56. The number of imidazole rings is 1. The van der Waals surface area contributed by atoms with Gasteiger partial charge in [-0.25, -0.2) is 4.79 Å². The molecule has 0 aliphatic carbocycles. The third kappa shape index (κ3) is 3.23. The van der Waals surface area contributed by atoms with Crippen LogP contribution in [0.25, 0.3) is 22.4 Å². The molecule has 0 saturated heterocycles. The maximum atomic E-state index is 12.1. The Hall–Kier alpha value is -3.35. The molecule has 0 saturated carbocycles. The highest BCUT2D eigenvalue weighted by atomic mass is 16.5. The number of aromatic amines is 1. The van der Waals surface area contributed by atoms with Gasteiger partial charge in [0.2, 0.25) is 11.7 Å². The second kappa shape index (κ2) is 6.75. The SMILES string of the molecule is COc1ccc(Cc2nc(-c3ccc4c(c3)[nH]c(=O)n4C(C)C)no2)cc1. The molecule has 0 radical (unpaired) electrons. The molecule has 0 aliphatic rings. The third-order valence-electron chi connectivity index (χ3n) is 4.47.